The van der Waals surface area contributed by atoms with Gasteiger partial charge >= 0.3 is 0 Å². The van der Waals surface area contributed by atoms with Crippen molar-refractivity contribution in [1.29, 1.82) is 0 Å². The third-order valence-corrected chi connectivity index (χ3v) is 5.43. The van der Waals surface area contributed by atoms with Gasteiger partial charge in [-0.2, -0.15) is 0 Å². The van der Waals surface area contributed by atoms with Gasteiger partial charge in [0.15, 0.2) is 17.1 Å². The van der Waals surface area contributed by atoms with Gasteiger partial charge in [0.2, 0.25) is 0 Å². The van der Waals surface area contributed by atoms with E-state index in [2.05, 4.69) is 21.0 Å². The number of aromatic nitrogens is 3. The number of ether oxygens (including phenoxy) is 2. The second-order valence-corrected chi connectivity index (χ2v) is 7.28. The molecule has 1 fully saturated rings. The van der Waals surface area contributed by atoms with Gasteiger partial charge in [0.05, 0.1) is 26.0 Å². The van der Waals surface area contributed by atoms with E-state index in [0.29, 0.717) is 5.65 Å². The topological polar surface area (TPSA) is 71.9 Å². The van der Waals surface area contributed by atoms with E-state index in [9.17, 15) is 4.79 Å². The largest absolute Gasteiger partial charge is 0.493 e. The molecule has 3 aromatic rings. The summed E-state index contributed by atoms with van der Waals surface area (Å²) in [5, 5.41) is 3.27. The Hall–Kier alpha value is -2.80. The molecule has 3 heterocycles. The first-order chi connectivity index (χ1) is 13.6. The molecule has 1 aliphatic rings. The zero-order valence-electron chi connectivity index (χ0n) is 16.6. The van der Waals surface area contributed by atoms with Crippen LogP contribution in [0.25, 0.3) is 5.65 Å². The number of methoxy groups -OCH3 is 2. The summed E-state index contributed by atoms with van der Waals surface area (Å²) >= 11 is 0. The quantitative estimate of drug-likeness (QED) is 0.734. The molecule has 148 valence electrons. The van der Waals surface area contributed by atoms with Crippen molar-refractivity contribution in [2.75, 3.05) is 20.8 Å². The summed E-state index contributed by atoms with van der Waals surface area (Å²) in [4.78, 5) is 19.2. The Bertz CT molecular complexity index is 1040. The molecule has 7 heteroatoms. The fraction of sp³-hybridized carbons (Fsp3) is 0.429. The SMILES string of the molecule is COc1cccc(CN2CCCC[C@H]2c2cc3nc(C)cc(=O)n3[nH]2)c1OC. The van der Waals surface area contributed by atoms with E-state index >= 15 is 0 Å². The van der Waals surface area contributed by atoms with Crippen LogP contribution in [-0.4, -0.2) is 40.3 Å². The van der Waals surface area contributed by atoms with Crippen LogP contribution in [-0.2, 0) is 6.54 Å². The summed E-state index contributed by atoms with van der Waals surface area (Å²) < 4.78 is 12.6. The Labute approximate surface area is 163 Å². The number of aryl methyl sites for hydroxylation is 1. The first-order valence-corrected chi connectivity index (χ1v) is 9.64. The lowest BCUT2D eigenvalue weighted by molar-refractivity contribution is 0.135. The van der Waals surface area contributed by atoms with Crippen LogP contribution < -0.4 is 15.0 Å². The summed E-state index contributed by atoms with van der Waals surface area (Å²) in [7, 11) is 3.33. The summed E-state index contributed by atoms with van der Waals surface area (Å²) in [5.41, 5.74) is 3.44. The average molecular weight is 382 g/mol. The molecule has 4 rings (SSSR count). The molecule has 0 bridgehead atoms. The van der Waals surface area contributed by atoms with Crippen LogP contribution in [0.5, 0.6) is 11.5 Å². The highest BCUT2D eigenvalue weighted by Crippen LogP contribution is 2.36. The molecule has 0 aliphatic carbocycles. The number of nitrogens with one attached hydrogen (secondary N) is 1. The number of rotatable bonds is 5. The van der Waals surface area contributed by atoms with Gasteiger partial charge in [0, 0.05) is 29.9 Å². The highest BCUT2D eigenvalue weighted by Gasteiger charge is 2.27. The number of likely N-dealkylation sites (tertiary alicyclic amines) is 1. The molecule has 0 radical (unpaired) electrons. The van der Waals surface area contributed by atoms with E-state index < -0.39 is 0 Å². The molecular weight excluding hydrogens is 356 g/mol. The van der Waals surface area contributed by atoms with Crippen molar-refractivity contribution in [2.45, 2.75) is 38.8 Å². The molecule has 0 saturated carbocycles. The van der Waals surface area contributed by atoms with Gasteiger partial charge in [-0.15, -0.1) is 0 Å². The smallest absolute Gasteiger partial charge is 0.272 e. The predicted octanol–water partition coefficient (Wildman–Crippen LogP) is 3.08. The minimum atomic E-state index is -0.0782. The third kappa shape index (κ3) is 3.38. The number of para-hydroxylation sites is 1. The van der Waals surface area contributed by atoms with Gasteiger partial charge < -0.3 is 9.47 Å². The predicted molar refractivity (Wildman–Crippen MR) is 107 cm³/mol. The van der Waals surface area contributed by atoms with Gasteiger partial charge in [0.25, 0.3) is 5.56 Å². The van der Waals surface area contributed by atoms with E-state index in [4.69, 9.17) is 9.47 Å². The fourth-order valence-corrected chi connectivity index (χ4v) is 4.13. The molecule has 28 heavy (non-hydrogen) atoms. The number of hydrogen-bond donors (Lipinski definition) is 1. The van der Waals surface area contributed by atoms with Crippen LogP contribution in [0.15, 0.2) is 35.1 Å². The van der Waals surface area contributed by atoms with E-state index in [0.717, 1.165) is 60.8 Å². The number of benzene rings is 1. The van der Waals surface area contributed by atoms with Crippen LogP contribution in [0.3, 0.4) is 0 Å². The van der Waals surface area contributed by atoms with Crippen molar-refractivity contribution in [2.24, 2.45) is 0 Å². The normalized spacial score (nSPS) is 17.8. The second kappa shape index (κ2) is 7.67. The van der Waals surface area contributed by atoms with Crippen molar-refractivity contribution in [3.63, 3.8) is 0 Å². The van der Waals surface area contributed by atoms with E-state index in [-0.39, 0.29) is 11.6 Å². The summed E-state index contributed by atoms with van der Waals surface area (Å²) in [6.45, 7) is 3.58. The van der Waals surface area contributed by atoms with Gasteiger partial charge in [0.1, 0.15) is 0 Å². The van der Waals surface area contributed by atoms with Crippen molar-refractivity contribution in [3.05, 3.63) is 57.6 Å². The number of fused-ring (bicyclic) bond motifs is 1. The molecule has 1 atom stereocenters. The second-order valence-electron chi connectivity index (χ2n) is 7.28. The molecule has 0 amide bonds. The summed E-state index contributed by atoms with van der Waals surface area (Å²) in [5.74, 6) is 1.52. The Morgan fingerprint density at radius 3 is 2.86 bits per heavy atom. The molecular formula is C21H26N4O3. The Kier molecular flexibility index (Phi) is 5.09. The summed E-state index contributed by atoms with van der Waals surface area (Å²) in [6, 6.07) is 9.73. The molecule has 1 aromatic carbocycles. The lowest BCUT2D eigenvalue weighted by Gasteiger charge is -2.35. The minimum absolute atomic E-state index is 0.0782. The maximum absolute atomic E-state index is 12.3. The highest BCUT2D eigenvalue weighted by molar-refractivity contribution is 5.46. The van der Waals surface area contributed by atoms with Gasteiger partial charge in [-0.3, -0.25) is 14.8 Å². The number of nitrogens with zero attached hydrogens (tertiary/aromatic N) is 3. The van der Waals surface area contributed by atoms with Crippen molar-refractivity contribution >= 4 is 5.65 Å². The lowest BCUT2D eigenvalue weighted by Crippen LogP contribution is -2.33. The zero-order valence-corrected chi connectivity index (χ0v) is 16.6. The van der Waals surface area contributed by atoms with E-state index in [1.54, 1.807) is 20.3 Å². The van der Waals surface area contributed by atoms with Gasteiger partial charge in [-0.1, -0.05) is 18.6 Å². The number of aromatic amines is 1. The molecule has 2 aromatic heterocycles. The van der Waals surface area contributed by atoms with Crippen LogP contribution in [0.1, 0.15) is 42.3 Å². The zero-order chi connectivity index (χ0) is 19.7. The fourth-order valence-electron chi connectivity index (χ4n) is 4.13. The van der Waals surface area contributed by atoms with Gasteiger partial charge in [-0.05, 0) is 32.4 Å². The van der Waals surface area contributed by atoms with Crippen LogP contribution in [0.2, 0.25) is 0 Å². The monoisotopic (exact) mass is 382 g/mol. The first-order valence-electron chi connectivity index (χ1n) is 9.64. The molecule has 1 aliphatic heterocycles. The Balaban J connectivity index is 1.68. The van der Waals surface area contributed by atoms with Crippen molar-refractivity contribution in [3.8, 4) is 11.5 Å². The number of hydrogen-bond acceptors (Lipinski definition) is 5. The van der Waals surface area contributed by atoms with Crippen LogP contribution >= 0.6 is 0 Å². The van der Waals surface area contributed by atoms with Crippen LogP contribution in [0.4, 0.5) is 0 Å². The molecule has 1 N–H and O–H groups in total. The molecule has 1 saturated heterocycles. The number of piperidine rings is 1. The van der Waals surface area contributed by atoms with E-state index in [1.807, 2.05) is 25.1 Å². The van der Waals surface area contributed by atoms with Crippen molar-refractivity contribution in [1.82, 2.24) is 19.5 Å². The maximum Gasteiger partial charge on any atom is 0.272 e. The Morgan fingerprint density at radius 2 is 2.07 bits per heavy atom. The molecule has 0 spiro atoms. The van der Waals surface area contributed by atoms with Crippen LogP contribution in [0, 0.1) is 6.92 Å². The van der Waals surface area contributed by atoms with Crippen molar-refractivity contribution < 1.29 is 9.47 Å². The molecule has 7 nitrogen and oxygen atoms in total. The average Bonchev–Trinajstić information content (AvgIpc) is 3.12. The standard InChI is InChI=1S/C21H26N4O3/c1-14-11-20(26)25-19(22-14)12-16(23-25)17-8-4-5-10-24(17)13-15-7-6-9-18(27-2)21(15)28-3/h6-7,9,11-12,17,23H,4-5,8,10,13H2,1-3H3/t17-/m0/s1. The van der Waals surface area contributed by atoms with E-state index in [1.165, 1.54) is 4.52 Å². The van der Waals surface area contributed by atoms with Gasteiger partial charge in [-0.25, -0.2) is 9.50 Å². The third-order valence-electron chi connectivity index (χ3n) is 5.43. The minimum Gasteiger partial charge on any atom is -0.493 e. The highest BCUT2D eigenvalue weighted by atomic mass is 16.5. The number of H-pyrrole nitrogens is 1. The first kappa shape index (κ1) is 18.6. The Morgan fingerprint density at radius 1 is 1.21 bits per heavy atom. The summed E-state index contributed by atoms with van der Waals surface area (Å²) in [6.07, 6.45) is 3.35. The maximum atomic E-state index is 12.3. The lowest BCUT2D eigenvalue weighted by atomic mass is 9.98. The molecule has 0 unspecified atom stereocenters.